The minimum absolute atomic E-state index is 0.000378. The third-order valence-corrected chi connectivity index (χ3v) is 5.49. The van der Waals surface area contributed by atoms with Crippen molar-refractivity contribution in [3.05, 3.63) is 29.8 Å². The van der Waals surface area contributed by atoms with E-state index in [0.29, 0.717) is 32.8 Å². The maximum absolute atomic E-state index is 12.5. The van der Waals surface area contributed by atoms with Gasteiger partial charge >= 0.3 is 0 Å². The van der Waals surface area contributed by atoms with Crippen LogP contribution in [0.5, 0.6) is 11.5 Å². The van der Waals surface area contributed by atoms with E-state index in [1.54, 1.807) is 6.08 Å². The molecule has 28 heavy (non-hydrogen) atoms. The maximum atomic E-state index is 12.5. The van der Waals surface area contributed by atoms with E-state index in [0.717, 1.165) is 56.1 Å². The normalized spacial score (nSPS) is 20.0. The van der Waals surface area contributed by atoms with Gasteiger partial charge in [-0.3, -0.25) is 14.5 Å². The van der Waals surface area contributed by atoms with Gasteiger partial charge in [-0.15, -0.1) is 0 Å². The molecule has 2 saturated heterocycles. The monoisotopic (exact) mass is 385 g/mol. The summed E-state index contributed by atoms with van der Waals surface area (Å²) in [4.78, 5) is 30.7. The number of nitrogens with zero attached hydrogens (tertiary/aromatic N) is 3. The molecule has 0 aliphatic carbocycles. The number of benzene rings is 1. The molecule has 0 bridgehead atoms. The summed E-state index contributed by atoms with van der Waals surface area (Å²) in [5.41, 5.74) is 0.910. The molecule has 3 aliphatic heterocycles. The minimum atomic E-state index is 0.000378. The molecule has 0 N–H and O–H groups in total. The Hall–Kier alpha value is -2.54. The fourth-order valence-corrected chi connectivity index (χ4v) is 3.82. The average Bonchev–Trinajstić information content (AvgIpc) is 3.27. The van der Waals surface area contributed by atoms with Gasteiger partial charge in [-0.25, -0.2) is 0 Å². The molecule has 3 aliphatic rings. The zero-order valence-electron chi connectivity index (χ0n) is 16.1. The van der Waals surface area contributed by atoms with Crippen molar-refractivity contribution in [2.75, 3.05) is 59.0 Å². The smallest absolute Gasteiger partial charge is 0.246 e. The highest BCUT2D eigenvalue weighted by Crippen LogP contribution is 2.31. The van der Waals surface area contributed by atoms with E-state index >= 15 is 0 Å². The van der Waals surface area contributed by atoms with E-state index in [-0.39, 0.29) is 11.8 Å². The van der Waals surface area contributed by atoms with Gasteiger partial charge in [0.1, 0.15) is 13.2 Å². The number of amides is 2. The van der Waals surface area contributed by atoms with Crippen LogP contribution in [0.25, 0.3) is 6.08 Å². The standard InChI is InChI=1S/C21H27N3O4/c25-20(6-4-17-3-5-18-19(15-17)28-14-13-27-18)24-11-9-22(10-12-24)16-21(26)23-7-1-2-8-23/h3-6,15H,1-2,7-14,16H2/b6-4+. The molecule has 2 amide bonds. The lowest BCUT2D eigenvalue weighted by molar-refractivity contribution is -0.132. The fraction of sp³-hybridized carbons (Fsp3) is 0.524. The Morgan fingerprint density at radius 1 is 0.893 bits per heavy atom. The van der Waals surface area contributed by atoms with E-state index in [9.17, 15) is 9.59 Å². The zero-order valence-corrected chi connectivity index (χ0v) is 16.1. The summed E-state index contributed by atoms with van der Waals surface area (Å²) in [7, 11) is 0. The van der Waals surface area contributed by atoms with Gasteiger partial charge in [0.2, 0.25) is 11.8 Å². The summed E-state index contributed by atoms with van der Waals surface area (Å²) in [6, 6.07) is 5.67. The van der Waals surface area contributed by atoms with Gasteiger partial charge in [0, 0.05) is 45.3 Å². The van der Waals surface area contributed by atoms with Gasteiger partial charge in [0.15, 0.2) is 11.5 Å². The van der Waals surface area contributed by atoms with Crippen LogP contribution in [0.1, 0.15) is 18.4 Å². The van der Waals surface area contributed by atoms with Crippen LogP contribution < -0.4 is 9.47 Å². The van der Waals surface area contributed by atoms with Crippen LogP contribution >= 0.6 is 0 Å². The molecule has 150 valence electrons. The van der Waals surface area contributed by atoms with E-state index in [1.807, 2.05) is 34.1 Å². The molecule has 7 nitrogen and oxygen atoms in total. The maximum Gasteiger partial charge on any atom is 0.246 e. The first-order valence-electron chi connectivity index (χ1n) is 10.1. The van der Waals surface area contributed by atoms with Crippen LogP contribution in [-0.4, -0.2) is 85.5 Å². The molecular weight excluding hydrogens is 358 g/mol. The topological polar surface area (TPSA) is 62.3 Å². The first-order valence-corrected chi connectivity index (χ1v) is 10.1. The van der Waals surface area contributed by atoms with Crippen LogP contribution in [-0.2, 0) is 9.59 Å². The third-order valence-electron chi connectivity index (χ3n) is 5.49. The number of carbonyl (C=O) groups excluding carboxylic acids is 2. The number of hydrogen-bond donors (Lipinski definition) is 0. The Morgan fingerprint density at radius 2 is 1.61 bits per heavy atom. The second-order valence-corrected chi connectivity index (χ2v) is 7.43. The summed E-state index contributed by atoms with van der Waals surface area (Å²) >= 11 is 0. The lowest BCUT2D eigenvalue weighted by atomic mass is 10.1. The van der Waals surface area contributed by atoms with Gasteiger partial charge in [-0.2, -0.15) is 0 Å². The molecule has 0 unspecified atom stereocenters. The number of likely N-dealkylation sites (tertiary alicyclic amines) is 1. The number of carbonyl (C=O) groups is 2. The van der Waals surface area contributed by atoms with Crippen LogP contribution in [0, 0.1) is 0 Å². The fourth-order valence-electron chi connectivity index (χ4n) is 3.82. The van der Waals surface area contributed by atoms with Gasteiger partial charge in [0.05, 0.1) is 6.54 Å². The Bertz CT molecular complexity index is 750. The molecule has 4 rings (SSSR count). The van der Waals surface area contributed by atoms with E-state index in [1.165, 1.54) is 0 Å². The highest BCUT2D eigenvalue weighted by Gasteiger charge is 2.24. The van der Waals surface area contributed by atoms with Gasteiger partial charge < -0.3 is 19.3 Å². The third kappa shape index (κ3) is 4.47. The molecule has 1 aromatic rings. The van der Waals surface area contributed by atoms with Gasteiger partial charge in [-0.1, -0.05) is 6.07 Å². The Labute approximate surface area is 165 Å². The highest BCUT2D eigenvalue weighted by atomic mass is 16.6. The molecule has 0 radical (unpaired) electrons. The van der Waals surface area contributed by atoms with Crippen molar-refractivity contribution in [3.8, 4) is 11.5 Å². The molecule has 2 fully saturated rings. The van der Waals surface area contributed by atoms with E-state index in [4.69, 9.17) is 9.47 Å². The second kappa shape index (κ2) is 8.65. The SMILES string of the molecule is O=C(/C=C/c1ccc2c(c1)OCCO2)N1CCN(CC(=O)N2CCCC2)CC1. The van der Waals surface area contributed by atoms with Crippen molar-refractivity contribution in [2.45, 2.75) is 12.8 Å². The number of fused-ring (bicyclic) bond motifs is 1. The predicted molar refractivity (Wildman–Crippen MR) is 105 cm³/mol. The predicted octanol–water partition coefficient (Wildman–Crippen LogP) is 1.24. The summed E-state index contributed by atoms with van der Waals surface area (Å²) in [6.45, 7) is 6.14. The van der Waals surface area contributed by atoms with Crippen LogP contribution in [0.4, 0.5) is 0 Å². The number of piperazine rings is 1. The lowest BCUT2D eigenvalue weighted by Crippen LogP contribution is -2.51. The Morgan fingerprint density at radius 3 is 2.36 bits per heavy atom. The lowest BCUT2D eigenvalue weighted by Gasteiger charge is -2.34. The number of ether oxygens (including phenoxy) is 2. The number of hydrogen-bond acceptors (Lipinski definition) is 5. The van der Waals surface area contributed by atoms with E-state index < -0.39 is 0 Å². The quantitative estimate of drug-likeness (QED) is 0.730. The zero-order chi connectivity index (χ0) is 19.3. The van der Waals surface area contributed by atoms with E-state index in [2.05, 4.69) is 4.90 Å². The first-order chi connectivity index (χ1) is 13.7. The molecule has 0 atom stereocenters. The highest BCUT2D eigenvalue weighted by molar-refractivity contribution is 5.92. The summed E-state index contributed by atoms with van der Waals surface area (Å²) in [5, 5.41) is 0. The van der Waals surface area contributed by atoms with Crippen LogP contribution in [0.2, 0.25) is 0 Å². The van der Waals surface area contributed by atoms with Crippen molar-refractivity contribution in [1.29, 1.82) is 0 Å². The van der Waals surface area contributed by atoms with Gasteiger partial charge in [-0.05, 0) is 36.6 Å². The summed E-state index contributed by atoms with van der Waals surface area (Å²) in [5.74, 6) is 1.68. The largest absolute Gasteiger partial charge is 0.486 e. The average molecular weight is 385 g/mol. The molecule has 3 heterocycles. The van der Waals surface area contributed by atoms with Crippen molar-refractivity contribution in [3.63, 3.8) is 0 Å². The Balaban J connectivity index is 1.26. The Kier molecular flexibility index (Phi) is 5.81. The van der Waals surface area contributed by atoms with Crippen LogP contribution in [0.15, 0.2) is 24.3 Å². The van der Waals surface area contributed by atoms with Crippen molar-refractivity contribution >= 4 is 17.9 Å². The first kappa shape index (κ1) is 18.8. The van der Waals surface area contributed by atoms with Gasteiger partial charge in [0.25, 0.3) is 0 Å². The summed E-state index contributed by atoms with van der Waals surface area (Å²) < 4.78 is 11.1. The minimum Gasteiger partial charge on any atom is -0.486 e. The summed E-state index contributed by atoms with van der Waals surface area (Å²) in [6.07, 6.45) is 5.65. The van der Waals surface area contributed by atoms with Crippen molar-refractivity contribution in [1.82, 2.24) is 14.7 Å². The molecule has 7 heteroatoms. The van der Waals surface area contributed by atoms with Crippen LogP contribution in [0.3, 0.4) is 0 Å². The molecule has 0 saturated carbocycles. The molecule has 0 aromatic heterocycles. The molecule has 1 aromatic carbocycles. The second-order valence-electron chi connectivity index (χ2n) is 7.43. The number of rotatable bonds is 4. The van der Waals surface area contributed by atoms with Crippen molar-refractivity contribution < 1.29 is 19.1 Å². The molecular formula is C21H27N3O4. The van der Waals surface area contributed by atoms with Crippen molar-refractivity contribution in [2.24, 2.45) is 0 Å². The molecule has 0 spiro atoms.